The highest BCUT2D eigenvalue weighted by molar-refractivity contribution is 5.56. The number of nitrogens with zero attached hydrogens (tertiary/aromatic N) is 1. The Bertz CT molecular complexity index is 783. The van der Waals surface area contributed by atoms with E-state index >= 15 is 0 Å². The van der Waals surface area contributed by atoms with Gasteiger partial charge in [-0.15, -0.1) is 0 Å². The second-order valence-electron chi connectivity index (χ2n) is 7.15. The molecule has 0 radical (unpaired) electrons. The lowest BCUT2D eigenvalue weighted by Crippen LogP contribution is -3.13. The van der Waals surface area contributed by atoms with Crippen LogP contribution in [0.5, 0.6) is 17.2 Å². The smallest absolute Gasteiger partial charge is 0.164 e. The van der Waals surface area contributed by atoms with Gasteiger partial charge in [-0.3, -0.25) is 0 Å². The van der Waals surface area contributed by atoms with Crippen LogP contribution in [0.3, 0.4) is 0 Å². The van der Waals surface area contributed by atoms with Crippen molar-refractivity contribution >= 4 is 5.69 Å². The van der Waals surface area contributed by atoms with Crippen LogP contribution in [0.15, 0.2) is 30.3 Å². The molecule has 5 nitrogen and oxygen atoms in total. The van der Waals surface area contributed by atoms with Crippen LogP contribution in [-0.4, -0.2) is 47.5 Å². The maximum atomic E-state index is 5.59. The van der Waals surface area contributed by atoms with Gasteiger partial charge in [0.15, 0.2) is 11.5 Å². The zero-order chi connectivity index (χ0) is 19.4. The van der Waals surface area contributed by atoms with Crippen LogP contribution in [0.1, 0.15) is 16.7 Å². The lowest BCUT2D eigenvalue weighted by Gasteiger charge is -2.35. The molecule has 1 aliphatic heterocycles. The summed E-state index contributed by atoms with van der Waals surface area (Å²) >= 11 is 0. The summed E-state index contributed by atoms with van der Waals surface area (Å²) in [6.45, 7) is 9.66. The molecule has 146 valence electrons. The summed E-state index contributed by atoms with van der Waals surface area (Å²) in [7, 11) is 5.02. The van der Waals surface area contributed by atoms with Crippen molar-refractivity contribution in [2.75, 3.05) is 52.4 Å². The van der Waals surface area contributed by atoms with Gasteiger partial charge in [-0.05, 0) is 37.1 Å². The quantitative estimate of drug-likeness (QED) is 0.845. The van der Waals surface area contributed by atoms with Gasteiger partial charge in [0.05, 0.1) is 53.1 Å². The summed E-state index contributed by atoms with van der Waals surface area (Å²) in [5.74, 6) is 2.31. The average Bonchev–Trinajstić information content (AvgIpc) is 2.70. The second-order valence-corrected chi connectivity index (χ2v) is 7.15. The third-order valence-electron chi connectivity index (χ3n) is 5.61. The molecular formula is C22H31N2O3+. The number of anilines is 1. The number of nitrogens with one attached hydrogen (secondary N) is 1. The van der Waals surface area contributed by atoms with E-state index in [2.05, 4.69) is 36.9 Å². The molecule has 1 aliphatic rings. The van der Waals surface area contributed by atoms with E-state index in [-0.39, 0.29) is 0 Å². The second kappa shape index (κ2) is 8.53. The van der Waals surface area contributed by atoms with Gasteiger partial charge < -0.3 is 24.0 Å². The van der Waals surface area contributed by atoms with Crippen LogP contribution in [0.4, 0.5) is 5.69 Å². The Labute approximate surface area is 162 Å². The number of methoxy groups -OCH3 is 3. The monoisotopic (exact) mass is 371 g/mol. The predicted octanol–water partition coefficient (Wildman–Crippen LogP) is 2.23. The zero-order valence-electron chi connectivity index (χ0n) is 17.1. The van der Waals surface area contributed by atoms with Crippen molar-refractivity contribution in [2.24, 2.45) is 0 Å². The Kier molecular flexibility index (Phi) is 6.11. The first-order chi connectivity index (χ1) is 13.1. The van der Waals surface area contributed by atoms with Crippen molar-refractivity contribution in [3.05, 3.63) is 47.0 Å². The first kappa shape index (κ1) is 19.4. The van der Waals surface area contributed by atoms with Gasteiger partial charge in [-0.25, -0.2) is 0 Å². The van der Waals surface area contributed by atoms with E-state index in [1.165, 1.54) is 16.8 Å². The fourth-order valence-electron chi connectivity index (χ4n) is 3.82. The Morgan fingerprint density at radius 2 is 1.52 bits per heavy atom. The minimum Gasteiger partial charge on any atom is -0.496 e. The number of hydrogen-bond donors (Lipinski definition) is 1. The highest BCUT2D eigenvalue weighted by Gasteiger charge is 2.23. The van der Waals surface area contributed by atoms with Gasteiger partial charge in [0.1, 0.15) is 12.3 Å². The number of rotatable bonds is 6. The molecule has 1 N–H and O–H groups in total. The molecule has 0 amide bonds. The van der Waals surface area contributed by atoms with E-state index in [0.717, 1.165) is 49.8 Å². The third-order valence-corrected chi connectivity index (χ3v) is 5.61. The molecule has 3 rings (SSSR count). The number of piperazine rings is 1. The summed E-state index contributed by atoms with van der Waals surface area (Å²) in [4.78, 5) is 4.07. The maximum Gasteiger partial charge on any atom is 0.164 e. The molecular weight excluding hydrogens is 340 g/mol. The number of quaternary nitrogens is 1. The summed E-state index contributed by atoms with van der Waals surface area (Å²) in [6, 6.07) is 10.5. The van der Waals surface area contributed by atoms with Crippen molar-refractivity contribution in [3.8, 4) is 17.2 Å². The minimum atomic E-state index is 0.702. The number of aryl methyl sites for hydroxylation is 1. The number of hydrogen-bond acceptors (Lipinski definition) is 4. The van der Waals surface area contributed by atoms with Crippen LogP contribution < -0.4 is 24.0 Å². The fraction of sp³-hybridized carbons (Fsp3) is 0.455. The van der Waals surface area contributed by atoms with Gasteiger partial charge in [-0.2, -0.15) is 0 Å². The molecule has 2 aromatic rings. The van der Waals surface area contributed by atoms with Gasteiger partial charge >= 0.3 is 0 Å². The molecule has 1 heterocycles. The zero-order valence-corrected chi connectivity index (χ0v) is 17.1. The van der Waals surface area contributed by atoms with Gasteiger partial charge in [0.2, 0.25) is 0 Å². The van der Waals surface area contributed by atoms with E-state index in [4.69, 9.17) is 14.2 Å². The van der Waals surface area contributed by atoms with Crippen molar-refractivity contribution < 1.29 is 19.1 Å². The standard InChI is InChI=1S/C22H30N2O3/c1-16-7-6-8-19(17(16)2)24-11-9-23(10-12-24)15-18-13-21(26-4)22(27-5)14-20(18)25-3/h6-8,13-14H,9-12,15H2,1-5H3/p+1. The van der Waals surface area contributed by atoms with Crippen LogP contribution in [0.25, 0.3) is 0 Å². The highest BCUT2D eigenvalue weighted by atomic mass is 16.5. The van der Waals surface area contributed by atoms with Gasteiger partial charge in [0, 0.05) is 11.8 Å². The Morgan fingerprint density at radius 3 is 2.15 bits per heavy atom. The molecule has 1 fully saturated rings. The van der Waals surface area contributed by atoms with Crippen molar-refractivity contribution in [1.82, 2.24) is 0 Å². The lowest BCUT2D eigenvalue weighted by molar-refractivity contribution is -0.914. The minimum absolute atomic E-state index is 0.702. The Morgan fingerprint density at radius 1 is 0.889 bits per heavy atom. The molecule has 0 bridgehead atoms. The molecule has 0 saturated carbocycles. The van der Waals surface area contributed by atoms with E-state index in [0.29, 0.717) is 5.75 Å². The topological polar surface area (TPSA) is 35.4 Å². The summed E-state index contributed by atoms with van der Waals surface area (Å²) in [5, 5.41) is 0. The number of benzene rings is 2. The fourth-order valence-corrected chi connectivity index (χ4v) is 3.82. The van der Waals surface area contributed by atoms with E-state index in [1.807, 2.05) is 12.1 Å². The largest absolute Gasteiger partial charge is 0.496 e. The van der Waals surface area contributed by atoms with Gasteiger partial charge in [-0.1, -0.05) is 12.1 Å². The molecule has 5 heteroatoms. The Balaban J connectivity index is 1.70. The predicted molar refractivity (Wildman–Crippen MR) is 109 cm³/mol. The summed E-state index contributed by atoms with van der Waals surface area (Å²) in [6.07, 6.45) is 0. The van der Waals surface area contributed by atoms with Crippen LogP contribution in [0.2, 0.25) is 0 Å². The van der Waals surface area contributed by atoms with Crippen LogP contribution in [0, 0.1) is 13.8 Å². The van der Waals surface area contributed by atoms with Gasteiger partial charge in [0.25, 0.3) is 0 Å². The lowest BCUT2D eigenvalue weighted by atomic mass is 10.1. The molecule has 2 aromatic carbocycles. The molecule has 1 saturated heterocycles. The van der Waals surface area contributed by atoms with E-state index in [1.54, 1.807) is 26.2 Å². The molecule has 0 unspecified atom stereocenters. The maximum absolute atomic E-state index is 5.59. The van der Waals surface area contributed by atoms with Crippen LogP contribution in [-0.2, 0) is 6.54 Å². The molecule has 0 atom stereocenters. The molecule has 0 spiro atoms. The third kappa shape index (κ3) is 4.14. The number of ether oxygens (including phenoxy) is 3. The normalized spacial score (nSPS) is 14.9. The Hall–Kier alpha value is -2.40. The van der Waals surface area contributed by atoms with Crippen molar-refractivity contribution in [1.29, 1.82) is 0 Å². The highest BCUT2D eigenvalue weighted by Crippen LogP contribution is 2.34. The van der Waals surface area contributed by atoms with E-state index < -0.39 is 0 Å². The molecule has 0 aliphatic carbocycles. The summed E-state index contributed by atoms with van der Waals surface area (Å²) < 4.78 is 16.4. The first-order valence-corrected chi connectivity index (χ1v) is 9.51. The van der Waals surface area contributed by atoms with Crippen molar-refractivity contribution in [3.63, 3.8) is 0 Å². The summed E-state index contributed by atoms with van der Waals surface area (Å²) in [5.41, 5.74) is 5.28. The first-order valence-electron chi connectivity index (χ1n) is 9.51. The van der Waals surface area contributed by atoms with Crippen molar-refractivity contribution in [2.45, 2.75) is 20.4 Å². The van der Waals surface area contributed by atoms with E-state index in [9.17, 15) is 0 Å². The SMILES string of the molecule is COc1cc(OC)c(OC)cc1C[NH+]1CCN(c2cccc(C)c2C)CC1. The average molecular weight is 372 g/mol. The molecule has 0 aromatic heterocycles. The van der Waals surface area contributed by atoms with Crippen LogP contribution >= 0.6 is 0 Å². The molecule has 27 heavy (non-hydrogen) atoms.